The fourth-order valence-electron chi connectivity index (χ4n) is 2.61. The highest BCUT2D eigenvalue weighted by molar-refractivity contribution is 5.33. The predicted molar refractivity (Wildman–Crippen MR) is 98.2 cm³/mol. The van der Waals surface area contributed by atoms with Crippen LogP contribution in [0.25, 0.3) is 0 Å². The Hall–Kier alpha value is -1.72. The second kappa shape index (κ2) is 10.9. The molecule has 0 bridgehead atoms. The van der Waals surface area contributed by atoms with Gasteiger partial charge in [-0.3, -0.25) is 0 Å². The van der Waals surface area contributed by atoms with Crippen molar-refractivity contribution in [3.8, 4) is 0 Å². The molecular formula is C20H28N2O2. The minimum atomic E-state index is 0.178. The van der Waals surface area contributed by atoms with Crippen LogP contribution in [0.5, 0.6) is 0 Å². The summed E-state index contributed by atoms with van der Waals surface area (Å²) in [7, 11) is 3.45. The molecule has 4 nitrogen and oxygen atoms in total. The average Bonchev–Trinajstić information content (AvgIpc) is 2.64. The summed E-state index contributed by atoms with van der Waals surface area (Å²) in [6.07, 6.45) is 0. The minimum Gasteiger partial charge on any atom is -0.383 e. The molecule has 2 N–H and O–H groups in total. The van der Waals surface area contributed by atoms with Crippen molar-refractivity contribution in [3.63, 3.8) is 0 Å². The molecule has 0 aliphatic carbocycles. The van der Waals surface area contributed by atoms with Crippen LogP contribution in [-0.4, -0.2) is 40.5 Å². The topological polar surface area (TPSA) is 42.5 Å². The lowest BCUT2D eigenvalue weighted by molar-refractivity contribution is 0.197. The molecule has 0 aliphatic heterocycles. The van der Waals surface area contributed by atoms with E-state index in [4.69, 9.17) is 9.47 Å². The van der Waals surface area contributed by atoms with Gasteiger partial charge in [-0.05, 0) is 16.7 Å². The Balaban J connectivity index is 2.03. The van der Waals surface area contributed by atoms with E-state index in [0.717, 1.165) is 26.2 Å². The van der Waals surface area contributed by atoms with Crippen molar-refractivity contribution in [2.75, 3.05) is 40.5 Å². The van der Waals surface area contributed by atoms with E-state index in [1.807, 2.05) is 6.07 Å². The summed E-state index contributed by atoms with van der Waals surface area (Å²) in [5.41, 5.74) is 3.80. The van der Waals surface area contributed by atoms with E-state index < -0.39 is 0 Å². The second-order valence-electron chi connectivity index (χ2n) is 5.70. The third-order valence-electron chi connectivity index (χ3n) is 3.91. The van der Waals surface area contributed by atoms with E-state index >= 15 is 0 Å². The Morgan fingerprint density at radius 3 is 2.08 bits per heavy atom. The van der Waals surface area contributed by atoms with Gasteiger partial charge < -0.3 is 20.1 Å². The minimum absolute atomic E-state index is 0.178. The lowest BCUT2D eigenvalue weighted by Crippen LogP contribution is -2.26. The van der Waals surface area contributed by atoms with Crippen LogP contribution in [0.4, 0.5) is 0 Å². The zero-order valence-electron chi connectivity index (χ0n) is 14.6. The third-order valence-corrected chi connectivity index (χ3v) is 3.91. The van der Waals surface area contributed by atoms with E-state index in [9.17, 15) is 0 Å². The molecule has 0 fully saturated rings. The maximum absolute atomic E-state index is 5.17. The molecule has 0 spiro atoms. The van der Waals surface area contributed by atoms with Crippen molar-refractivity contribution in [3.05, 3.63) is 71.3 Å². The van der Waals surface area contributed by atoms with Crippen LogP contribution in [-0.2, 0) is 16.0 Å². The number of nitrogens with one attached hydrogen (secondary N) is 2. The highest BCUT2D eigenvalue weighted by Crippen LogP contribution is 2.22. The summed E-state index contributed by atoms with van der Waals surface area (Å²) in [6.45, 7) is 3.97. The molecule has 4 heteroatoms. The third kappa shape index (κ3) is 6.06. The molecule has 0 aromatic heterocycles. The maximum atomic E-state index is 5.17. The van der Waals surface area contributed by atoms with Gasteiger partial charge in [0.05, 0.1) is 19.3 Å². The van der Waals surface area contributed by atoms with Gasteiger partial charge in [-0.15, -0.1) is 0 Å². The summed E-state index contributed by atoms with van der Waals surface area (Å²) in [4.78, 5) is 0. The van der Waals surface area contributed by atoms with Gasteiger partial charge in [0.2, 0.25) is 0 Å². The smallest absolute Gasteiger partial charge is 0.0587 e. The lowest BCUT2D eigenvalue weighted by Gasteiger charge is -2.20. The van der Waals surface area contributed by atoms with Gasteiger partial charge in [-0.25, -0.2) is 0 Å². The highest BCUT2D eigenvalue weighted by atomic mass is 16.5. The van der Waals surface area contributed by atoms with Crippen molar-refractivity contribution in [1.29, 1.82) is 0 Å². The molecule has 130 valence electrons. The van der Waals surface area contributed by atoms with E-state index in [2.05, 4.69) is 59.2 Å². The number of rotatable bonds is 11. The fourth-order valence-corrected chi connectivity index (χ4v) is 2.61. The second-order valence-corrected chi connectivity index (χ2v) is 5.70. The molecule has 0 radical (unpaired) electrons. The average molecular weight is 328 g/mol. The van der Waals surface area contributed by atoms with Crippen LogP contribution < -0.4 is 10.6 Å². The zero-order valence-corrected chi connectivity index (χ0v) is 14.6. The Bertz CT molecular complexity index is 558. The Labute approximate surface area is 145 Å². The van der Waals surface area contributed by atoms with Gasteiger partial charge in [0.15, 0.2) is 0 Å². The van der Waals surface area contributed by atoms with Crippen molar-refractivity contribution in [2.45, 2.75) is 12.6 Å². The number of hydrogen-bond donors (Lipinski definition) is 2. The Morgan fingerprint density at radius 1 is 0.792 bits per heavy atom. The first-order valence-electron chi connectivity index (χ1n) is 8.41. The first kappa shape index (κ1) is 18.6. The Kier molecular flexibility index (Phi) is 8.49. The first-order valence-corrected chi connectivity index (χ1v) is 8.41. The van der Waals surface area contributed by atoms with Crippen LogP contribution in [0.2, 0.25) is 0 Å². The zero-order chi connectivity index (χ0) is 17.0. The largest absolute Gasteiger partial charge is 0.383 e. The quantitative estimate of drug-likeness (QED) is 0.623. The Morgan fingerprint density at radius 2 is 1.42 bits per heavy atom. The van der Waals surface area contributed by atoms with Crippen LogP contribution in [0.1, 0.15) is 22.7 Å². The van der Waals surface area contributed by atoms with Gasteiger partial charge in [-0.2, -0.15) is 0 Å². The molecule has 1 unspecified atom stereocenters. The molecule has 0 heterocycles. The number of methoxy groups -OCH3 is 2. The van der Waals surface area contributed by atoms with Gasteiger partial charge in [0.25, 0.3) is 0 Å². The van der Waals surface area contributed by atoms with E-state index in [1.165, 1.54) is 16.7 Å². The summed E-state index contributed by atoms with van der Waals surface area (Å²) >= 11 is 0. The predicted octanol–water partition coefficient (Wildman–Crippen LogP) is 2.75. The SMILES string of the molecule is COCCNCc1ccc(C(NCCOC)c2ccccc2)cc1. The summed E-state index contributed by atoms with van der Waals surface area (Å²) in [5.74, 6) is 0. The monoisotopic (exact) mass is 328 g/mol. The van der Waals surface area contributed by atoms with E-state index in [0.29, 0.717) is 6.61 Å². The molecule has 0 amide bonds. The molecule has 2 rings (SSSR count). The number of benzene rings is 2. The van der Waals surface area contributed by atoms with Gasteiger partial charge in [-0.1, -0.05) is 54.6 Å². The lowest BCUT2D eigenvalue weighted by atomic mass is 9.97. The van der Waals surface area contributed by atoms with E-state index in [1.54, 1.807) is 14.2 Å². The standard InChI is InChI=1S/C20H28N2O2/c1-23-14-12-21-16-17-8-10-19(11-9-17)20(22-13-15-24-2)18-6-4-3-5-7-18/h3-11,20-22H,12-16H2,1-2H3. The normalized spacial score (nSPS) is 12.2. The molecule has 0 saturated carbocycles. The van der Waals surface area contributed by atoms with Crippen LogP contribution >= 0.6 is 0 Å². The van der Waals surface area contributed by atoms with Gasteiger partial charge >= 0.3 is 0 Å². The summed E-state index contributed by atoms with van der Waals surface area (Å²) < 4.78 is 10.2. The summed E-state index contributed by atoms with van der Waals surface area (Å²) in [6, 6.07) is 19.5. The van der Waals surface area contributed by atoms with Crippen molar-refractivity contribution in [2.24, 2.45) is 0 Å². The molecule has 0 aliphatic rings. The van der Waals surface area contributed by atoms with E-state index in [-0.39, 0.29) is 6.04 Å². The molecule has 2 aromatic carbocycles. The van der Waals surface area contributed by atoms with Gasteiger partial charge in [0, 0.05) is 33.9 Å². The number of hydrogen-bond acceptors (Lipinski definition) is 4. The summed E-state index contributed by atoms with van der Waals surface area (Å²) in [5, 5.41) is 6.94. The van der Waals surface area contributed by atoms with Gasteiger partial charge in [0.1, 0.15) is 0 Å². The van der Waals surface area contributed by atoms with Crippen LogP contribution in [0.3, 0.4) is 0 Å². The number of ether oxygens (including phenoxy) is 2. The molecule has 24 heavy (non-hydrogen) atoms. The maximum Gasteiger partial charge on any atom is 0.0587 e. The van der Waals surface area contributed by atoms with Crippen molar-refractivity contribution in [1.82, 2.24) is 10.6 Å². The van der Waals surface area contributed by atoms with Crippen molar-refractivity contribution >= 4 is 0 Å². The van der Waals surface area contributed by atoms with Crippen LogP contribution in [0, 0.1) is 0 Å². The molecule has 0 saturated heterocycles. The first-order chi connectivity index (χ1) is 11.8. The van der Waals surface area contributed by atoms with Crippen molar-refractivity contribution < 1.29 is 9.47 Å². The molecule has 2 aromatic rings. The molecule has 1 atom stereocenters. The van der Waals surface area contributed by atoms with Crippen LogP contribution in [0.15, 0.2) is 54.6 Å². The highest BCUT2D eigenvalue weighted by Gasteiger charge is 2.12. The fraction of sp³-hybridized carbons (Fsp3) is 0.400. The molecular weight excluding hydrogens is 300 g/mol.